The minimum absolute atomic E-state index is 0.0599. The summed E-state index contributed by atoms with van der Waals surface area (Å²) < 4.78 is 17.0. The van der Waals surface area contributed by atoms with E-state index >= 15 is 0 Å². The van der Waals surface area contributed by atoms with Crippen LogP contribution in [0.25, 0.3) is 0 Å². The highest BCUT2D eigenvalue weighted by molar-refractivity contribution is 5.71. The number of unbranched alkanes of at least 4 members (excludes halogenated alkanes) is 57. The Balaban J connectivity index is 4.25. The predicted molar refractivity (Wildman–Crippen MR) is 340 cm³/mol. The highest BCUT2D eigenvalue weighted by atomic mass is 16.6. The molecule has 0 saturated carbocycles. The maximum Gasteiger partial charge on any atom is 0.306 e. The van der Waals surface area contributed by atoms with Crippen molar-refractivity contribution in [3.8, 4) is 0 Å². The molecular formula is C72H140O6. The third kappa shape index (κ3) is 65.2. The van der Waals surface area contributed by atoms with E-state index in [0.29, 0.717) is 19.3 Å². The zero-order chi connectivity index (χ0) is 56.4. The van der Waals surface area contributed by atoms with Crippen LogP contribution < -0.4 is 0 Å². The molecule has 0 fully saturated rings. The summed E-state index contributed by atoms with van der Waals surface area (Å²) >= 11 is 0. The summed E-state index contributed by atoms with van der Waals surface area (Å²) in [5, 5.41) is 0. The summed E-state index contributed by atoms with van der Waals surface area (Å²) in [5.74, 6) is -0.816. The van der Waals surface area contributed by atoms with Crippen molar-refractivity contribution in [3.05, 3.63) is 0 Å². The molecule has 0 heterocycles. The van der Waals surface area contributed by atoms with Gasteiger partial charge in [-0.1, -0.05) is 387 Å². The zero-order valence-corrected chi connectivity index (χ0v) is 53.5. The number of carbonyl (C=O) groups excluding carboxylic acids is 3. The Labute approximate surface area is 488 Å². The minimum Gasteiger partial charge on any atom is -0.462 e. The van der Waals surface area contributed by atoms with E-state index in [1.165, 1.54) is 327 Å². The molecule has 0 aliphatic carbocycles. The maximum absolute atomic E-state index is 13.0. The first kappa shape index (κ1) is 76.4. The summed E-state index contributed by atoms with van der Waals surface area (Å²) in [6.45, 7) is 6.75. The molecule has 0 amide bonds. The van der Waals surface area contributed by atoms with Gasteiger partial charge >= 0.3 is 17.9 Å². The number of ether oxygens (including phenoxy) is 3. The molecule has 6 nitrogen and oxygen atoms in total. The average molecular weight is 1100 g/mol. The van der Waals surface area contributed by atoms with Crippen LogP contribution in [0.15, 0.2) is 0 Å². The first-order chi connectivity index (χ1) is 38.5. The van der Waals surface area contributed by atoms with E-state index in [2.05, 4.69) is 20.8 Å². The van der Waals surface area contributed by atoms with Crippen LogP contribution in [0, 0.1) is 0 Å². The second-order valence-electron chi connectivity index (χ2n) is 24.9. The van der Waals surface area contributed by atoms with Crippen LogP contribution in [-0.4, -0.2) is 37.2 Å². The van der Waals surface area contributed by atoms with E-state index < -0.39 is 6.10 Å². The van der Waals surface area contributed by atoms with Gasteiger partial charge in [0, 0.05) is 19.3 Å². The second-order valence-corrected chi connectivity index (χ2v) is 24.9. The molecule has 0 spiro atoms. The van der Waals surface area contributed by atoms with E-state index in [9.17, 15) is 14.4 Å². The van der Waals surface area contributed by atoms with Gasteiger partial charge in [-0.2, -0.15) is 0 Å². The van der Waals surface area contributed by atoms with Crippen molar-refractivity contribution in [1.82, 2.24) is 0 Å². The molecule has 1 unspecified atom stereocenters. The summed E-state index contributed by atoms with van der Waals surface area (Å²) in [4.78, 5) is 38.5. The number of esters is 3. The van der Waals surface area contributed by atoms with Gasteiger partial charge in [0.05, 0.1) is 0 Å². The molecular weight excluding hydrogens is 961 g/mol. The van der Waals surface area contributed by atoms with E-state index in [4.69, 9.17) is 14.2 Å². The molecule has 0 N–H and O–H groups in total. The molecule has 0 aliphatic heterocycles. The molecule has 0 aromatic rings. The maximum atomic E-state index is 13.0. The van der Waals surface area contributed by atoms with Crippen molar-refractivity contribution >= 4 is 17.9 Å². The van der Waals surface area contributed by atoms with E-state index in [-0.39, 0.29) is 31.1 Å². The minimum atomic E-state index is -0.764. The molecule has 1 atom stereocenters. The molecule has 0 saturated heterocycles. The lowest BCUT2D eigenvalue weighted by Crippen LogP contribution is -2.30. The molecule has 0 bridgehead atoms. The van der Waals surface area contributed by atoms with Gasteiger partial charge in [-0.15, -0.1) is 0 Å². The predicted octanol–water partition coefficient (Wildman–Crippen LogP) is 24.6. The molecule has 78 heavy (non-hydrogen) atoms. The highest BCUT2D eigenvalue weighted by Crippen LogP contribution is 2.20. The Hall–Kier alpha value is -1.59. The lowest BCUT2D eigenvalue weighted by molar-refractivity contribution is -0.167. The first-order valence-corrected chi connectivity index (χ1v) is 36.0. The lowest BCUT2D eigenvalue weighted by atomic mass is 10.0. The van der Waals surface area contributed by atoms with Gasteiger partial charge in [0.2, 0.25) is 0 Å². The normalized spacial score (nSPS) is 11.9. The van der Waals surface area contributed by atoms with Crippen molar-refractivity contribution in [2.45, 2.75) is 431 Å². The second kappa shape index (κ2) is 67.9. The fraction of sp³-hybridized carbons (Fsp3) is 0.958. The van der Waals surface area contributed by atoms with Crippen LogP contribution in [0.1, 0.15) is 425 Å². The van der Waals surface area contributed by atoms with Crippen molar-refractivity contribution in [2.75, 3.05) is 13.2 Å². The molecule has 0 rings (SSSR count). The summed E-state index contributed by atoms with van der Waals surface area (Å²) in [5.41, 5.74) is 0. The van der Waals surface area contributed by atoms with Crippen molar-refractivity contribution < 1.29 is 28.6 Å². The van der Waals surface area contributed by atoms with Crippen molar-refractivity contribution in [1.29, 1.82) is 0 Å². The van der Waals surface area contributed by atoms with Crippen LogP contribution in [-0.2, 0) is 28.6 Å². The summed E-state index contributed by atoms with van der Waals surface area (Å²) in [7, 11) is 0. The Morgan fingerprint density at radius 3 is 0.513 bits per heavy atom. The van der Waals surface area contributed by atoms with Gasteiger partial charge in [0.25, 0.3) is 0 Å². The quantitative estimate of drug-likeness (QED) is 0.0343. The van der Waals surface area contributed by atoms with E-state index in [0.717, 1.165) is 57.8 Å². The number of rotatable bonds is 68. The summed E-state index contributed by atoms with van der Waals surface area (Å²) in [6, 6.07) is 0. The Bertz CT molecular complexity index is 1170. The Morgan fingerprint density at radius 1 is 0.205 bits per heavy atom. The van der Waals surface area contributed by atoms with E-state index in [1.54, 1.807) is 0 Å². The molecule has 6 heteroatoms. The fourth-order valence-electron chi connectivity index (χ4n) is 11.5. The van der Waals surface area contributed by atoms with Crippen LogP contribution in [0.3, 0.4) is 0 Å². The Morgan fingerprint density at radius 2 is 0.346 bits per heavy atom. The topological polar surface area (TPSA) is 78.9 Å². The van der Waals surface area contributed by atoms with Crippen LogP contribution in [0.5, 0.6) is 0 Å². The summed E-state index contributed by atoms with van der Waals surface area (Å²) in [6.07, 6.45) is 79.9. The van der Waals surface area contributed by atoms with Crippen molar-refractivity contribution in [2.24, 2.45) is 0 Å². The van der Waals surface area contributed by atoms with Crippen molar-refractivity contribution in [3.63, 3.8) is 0 Å². The van der Waals surface area contributed by atoms with Gasteiger partial charge in [-0.05, 0) is 19.3 Å². The molecule has 0 aromatic heterocycles. The van der Waals surface area contributed by atoms with Gasteiger partial charge in [0.15, 0.2) is 6.10 Å². The molecule has 464 valence electrons. The smallest absolute Gasteiger partial charge is 0.306 e. The number of hydrogen-bond donors (Lipinski definition) is 0. The van der Waals surface area contributed by atoms with Crippen LogP contribution in [0.2, 0.25) is 0 Å². The lowest BCUT2D eigenvalue weighted by Gasteiger charge is -2.18. The van der Waals surface area contributed by atoms with Gasteiger partial charge in [-0.25, -0.2) is 0 Å². The molecule has 0 radical (unpaired) electrons. The number of carbonyl (C=O) groups is 3. The van der Waals surface area contributed by atoms with E-state index in [1.807, 2.05) is 0 Å². The molecule has 0 aliphatic rings. The van der Waals surface area contributed by atoms with Gasteiger partial charge < -0.3 is 14.2 Å². The SMILES string of the molecule is CCCCCCCCCCCCCCCCCCCCCCCCC(=O)OCC(COC(=O)CCCCCCCCCCCCCCCCCCC)OC(=O)CCCCCCCCCCCCCCCCCCCCCCC. The molecule has 0 aromatic carbocycles. The monoisotopic (exact) mass is 1100 g/mol. The third-order valence-corrected chi connectivity index (χ3v) is 16.9. The average Bonchev–Trinajstić information content (AvgIpc) is 3.44. The van der Waals surface area contributed by atoms with Crippen LogP contribution in [0.4, 0.5) is 0 Å². The Kier molecular flexibility index (Phi) is 66.5. The first-order valence-electron chi connectivity index (χ1n) is 36.0. The van der Waals surface area contributed by atoms with Gasteiger partial charge in [-0.3, -0.25) is 14.4 Å². The third-order valence-electron chi connectivity index (χ3n) is 16.9. The zero-order valence-electron chi connectivity index (χ0n) is 53.5. The highest BCUT2D eigenvalue weighted by Gasteiger charge is 2.20. The van der Waals surface area contributed by atoms with Gasteiger partial charge in [0.1, 0.15) is 13.2 Å². The largest absolute Gasteiger partial charge is 0.462 e. The fourth-order valence-corrected chi connectivity index (χ4v) is 11.5. The van der Waals surface area contributed by atoms with Crippen LogP contribution >= 0.6 is 0 Å². The standard InChI is InChI=1S/C72H140O6/c1-4-7-10-13-16-19-22-25-28-31-33-35-37-38-41-44-47-50-53-56-59-62-65-71(74)77-68-69(67-76-70(73)64-61-58-55-52-49-46-43-40-30-27-24-21-18-15-12-9-6-3)78-72(75)66-63-60-57-54-51-48-45-42-39-36-34-32-29-26-23-20-17-14-11-8-5-2/h69H,4-68H2,1-3H3. The number of hydrogen-bond acceptors (Lipinski definition) is 6.